The number of nitrogens with one attached hydrogen (secondary N) is 1. The average molecular weight is 453 g/mol. The molecule has 168 valence electrons. The molecule has 1 N–H and O–H groups in total. The Balaban J connectivity index is 1.47. The summed E-state index contributed by atoms with van der Waals surface area (Å²) in [7, 11) is 0. The van der Waals surface area contributed by atoms with E-state index >= 15 is 0 Å². The summed E-state index contributed by atoms with van der Waals surface area (Å²) >= 11 is 0. The van der Waals surface area contributed by atoms with Crippen molar-refractivity contribution in [3.8, 4) is 22.5 Å². The predicted molar refractivity (Wildman–Crippen MR) is 114 cm³/mol. The standard InChI is InChI=1S/C22H18F3N7O/c1-13-21(16-3-5-18(28-10-16)22(23,24)25)30-14(2)32(13)12-20(33)31-19-6-4-15(9-29-19)17-11-26-7-8-27-17/h3-11H,12H2,1-2H3,(H,29,31,33). The average Bonchev–Trinajstić information content (AvgIpc) is 3.08. The van der Waals surface area contributed by atoms with Gasteiger partial charge in [0.25, 0.3) is 0 Å². The second kappa shape index (κ2) is 8.77. The molecule has 0 bridgehead atoms. The molecule has 4 aromatic rings. The predicted octanol–water partition coefficient (Wildman–Crippen LogP) is 4.07. The number of aromatic nitrogens is 6. The molecule has 0 aliphatic carbocycles. The monoisotopic (exact) mass is 453 g/mol. The van der Waals surface area contributed by atoms with Crippen LogP contribution in [-0.2, 0) is 17.5 Å². The van der Waals surface area contributed by atoms with E-state index in [-0.39, 0.29) is 12.5 Å². The van der Waals surface area contributed by atoms with Crippen LogP contribution in [0.3, 0.4) is 0 Å². The summed E-state index contributed by atoms with van der Waals surface area (Å²) in [5.41, 5.74) is 1.99. The molecule has 11 heteroatoms. The molecule has 0 saturated heterocycles. The highest BCUT2D eigenvalue weighted by molar-refractivity contribution is 5.90. The SMILES string of the molecule is Cc1nc(-c2ccc(C(F)(F)F)nc2)c(C)n1CC(=O)Nc1ccc(-c2cnccn2)cn1. The highest BCUT2D eigenvalue weighted by atomic mass is 19.4. The first kappa shape index (κ1) is 22.1. The Kier molecular flexibility index (Phi) is 5.86. The fourth-order valence-electron chi connectivity index (χ4n) is 3.28. The normalized spacial score (nSPS) is 11.4. The zero-order valence-electron chi connectivity index (χ0n) is 17.6. The molecular formula is C22H18F3N7O. The maximum absolute atomic E-state index is 12.8. The van der Waals surface area contributed by atoms with Gasteiger partial charge in [0.05, 0.1) is 17.6 Å². The van der Waals surface area contributed by atoms with Gasteiger partial charge >= 0.3 is 6.18 Å². The van der Waals surface area contributed by atoms with Crippen LogP contribution >= 0.6 is 0 Å². The Hall–Kier alpha value is -4.15. The second-order valence-corrected chi connectivity index (χ2v) is 7.18. The Labute approximate surface area is 186 Å². The van der Waals surface area contributed by atoms with Crippen molar-refractivity contribution in [1.82, 2.24) is 29.5 Å². The number of rotatable bonds is 5. The number of alkyl halides is 3. The van der Waals surface area contributed by atoms with Crippen molar-refractivity contribution in [1.29, 1.82) is 0 Å². The largest absolute Gasteiger partial charge is 0.433 e. The van der Waals surface area contributed by atoms with Crippen LogP contribution in [0.25, 0.3) is 22.5 Å². The molecular weight excluding hydrogens is 435 g/mol. The van der Waals surface area contributed by atoms with E-state index in [9.17, 15) is 18.0 Å². The smallest absolute Gasteiger partial charge is 0.322 e. The quantitative estimate of drug-likeness (QED) is 0.489. The van der Waals surface area contributed by atoms with Crippen LogP contribution in [0.2, 0.25) is 0 Å². The molecule has 0 spiro atoms. The molecule has 8 nitrogen and oxygen atoms in total. The molecule has 0 aliphatic heterocycles. The number of hydrogen-bond acceptors (Lipinski definition) is 6. The Morgan fingerprint density at radius 2 is 1.73 bits per heavy atom. The molecule has 4 aromatic heterocycles. The third-order valence-corrected chi connectivity index (χ3v) is 4.93. The number of imidazole rings is 1. The molecule has 0 radical (unpaired) electrons. The van der Waals surface area contributed by atoms with Crippen LogP contribution in [0.15, 0.2) is 55.2 Å². The van der Waals surface area contributed by atoms with E-state index in [1.807, 2.05) is 0 Å². The topological polar surface area (TPSA) is 98.5 Å². The number of carbonyl (C=O) groups excluding carboxylic acids is 1. The van der Waals surface area contributed by atoms with Crippen molar-refractivity contribution in [3.05, 3.63) is 72.5 Å². The number of pyridine rings is 2. The van der Waals surface area contributed by atoms with Gasteiger partial charge in [-0.2, -0.15) is 13.2 Å². The van der Waals surface area contributed by atoms with E-state index in [1.54, 1.807) is 55.3 Å². The van der Waals surface area contributed by atoms with Crippen LogP contribution < -0.4 is 5.32 Å². The number of halogens is 3. The van der Waals surface area contributed by atoms with Gasteiger partial charge in [0, 0.05) is 41.6 Å². The zero-order valence-corrected chi connectivity index (χ0v) is 17.6. The molecule has 0 unspecified atom stereocenters. The highest BCUT2D eigenvalue weighted by Crippen LogP contribution is 2.30. The molecule has 0 saturated carbocycles. The van der Waals surface area contributed by atoms with Crippen LogP contribution in [-0.4, -0.2) is 35.4 Å². The summed E-state index contributed by atoms with van der Waals surface area (Å²) in [5, 5.41) is 2.72. The van der Waals surface area contributed by atoms with Gasteiger partial charge in [-0.05, 0) is 38.1 Å². The zero-order chi connectivity index (χ0) is 23.6. The Bertz CT molecular complexity index is 1270. The molecule has 4 heterocycles. The van der Waals surface area contributed by atoms with Gasteiger partial charge in [0.15, 0.2) is 0 Å². The maximum atomic E-state index is 12.8. The second-order valence-electron chi connectivity index (χ2n) is 7.18. The number of amides is 1. The van der Waals surface area contributed by atoms with E-state index in [0.717, 1.165) is 17.8 Å². The third-order valence-electron chi connectivity index (χ3n) is 4.93. The molecule has 33 heavy (non-hydrogen) atoms. The van der Waals surface area contributed by atoms with Crippen molar-refractivity contribution in [3.63, 3.8) is 0 Å². The van der Waals surface area contributed by atoms with Gasteiger partial charge < -0.3 is 9.88 Å². The number of nitrogens with zero attached hydrogens (tertiary/aromatic N) is 6. The van der Waals surface area contributed by atoms with E-state index in [4.69, 9.17) is 0 Å². The number of aryl methyl sites for hydroxylation is 1. The molecule has 0 aromatic carbocycles. The summed E-state index contributed by atoms with van der Waals surface area (Å²) in [6.07, 6.45) is 2.97. The van der Waals surface area contributed by atoms with Crippen molar-refractivity contribution in [2.75, 3.05) is 5.32 Å². The number of hydrogen-bond donors (Lipinski definition) is 1. The fraction of sp³-hybridized carbons (Fsp3) is 0.182. The highest BCUT2D eigenvalue weighted by Gasteiger charge is 2.32. The van der Waals surface area contributed by atoms with Crippen molar-refractivity contribution in [2.45, 2.75) is 26.6 Å². The van der Waals surface area contributed by atoms with Gasteiger partial charge in [-0.1, -0.05) is 0 Å². The molecule has 0 aliphatic rings. The van der Waals surface area contributed by atoms with E-state index in [2.05, 4.69) is 30.2 Å². The minimum absolute atomic E-state index is 0.0354. The lowest BCUT2D eigenvalue weighted by atomic mass is 10.1. The number of carbonyl (C=O) groups is 1. The minimum Gasteiger partial charge on any atom is -0.322 e. The van der Waals surface area contributed by atoms with Crippen LogP contribution in [0.1, 0.15) is 17.2 Å². The van der Waals surface area contributed by atoms with E-state index < -0.39 is 11.9 Å². The van der Waals surface area contributed by atoms with Crippen molar-refractivity contribution < 1.29 is 18.0 Å². The van der Waals surface area contributed by atoms with Crippen molar-refractivity contribution >= 4 is 11.7 Å². The molecule has 0 atom stereocenters. The van der Waals surface area contributed by atoms with Crippen LogP contribution in [0, 0.1) is 13.8 Å². The first-order valence-corrected chi connectivity index (χ1v) is 9.82. The first-order valence-electron chi connectivity index (χ1n) is 9.82. The van der Waals surface area contributed by atoms with Gasteiger partial charge in [0.2, 0.25) is 5.91 Å². The summed E-state index contributed by atoms with van der Waals surface area (Å²) in [6, 6.07) is 5.66. The van der Waals surface area contributed by atoms with E-state index in [1.165, 1.54) is 6.07 Å². The lowest BCUT2D eigenvalue weighted by Gasteiger charge is -2.10. The Morgan fingerprint density at radius 1 is 0.970 bits per heavy atom. The summed E-state index contributed by atoms with van der Waals surface area (Å²) in [4.78, 5) is 32.9. The molecule has 1 amide bonds. The van der Waals surface area contributed by atoms with E-state index in [0.29, 0.717) is 34.3 Å². The first-order chi connectivity index (χ1) is 15.7. The molecule has 0 fully saturated rings. The maximum Gasteiger partial charge on any atom is 0.433 e. The summed E-state index contributed by atoms with van der Waals surface area (Å²) in [5.74, 6) is 0.592. The summed E-state index contributed by atoms with van der Waals surface area (Å²) < 4.78 is 40.0. The van der Waals surface area contributed by atoms with Crippen LogP contribution in [0.4, 0.5) is 19.0 Å². The Morgan fingerprint density at radius 3 is 2.33 bits per heavy atom. The van der Waals surface area contributed by atoms with Gasteiger partial charge in [-0.15, -0.1) is 0 Å². The van der Waals surface area contributed by atoms with Crippen LogP contribution in [0.5, 0.6) is 0 Å². The van der Waals surface area contributed by atoms with Gasteiger partial charge in [-0.3, -0.25) is 19.7 Å². The molecule has 4 rings (SSSR count). The summed E-state index contributed by atoms with van der Waals surface area (Å²) in [6.45, 7) is 3.43. The lowest BCUT2D eigenvalue weighted by molar-refractivity contribution is -0.141. The number of anilines is 1. The third kappa shape index (κ3) is 4.86. The fourth-order valence-corrected chi connectivity index (χ4v) is 3.28. The van der Waals surface area contributed by atoms with Gasteiger partial charge in [-0.25, -0.2) is 9.97 Å². The minimum atomic E-state index is -4.51. The van der Waals surface area contributed by atoms with Crippen molar-refractivity contribution in [2.24, 2.45) is 0 Å². The lowest BCUT2D eigenvalue weighted by Crippen LogP contribution is -2.20. The van der Waals surface area contributed by atoms with Gasteiger partial charge in [0.1, 0.15) is 23.9 Å².